The summed E-state index contributed by atoms with van der Waals surface area (Å²) in [5.41, 5.74) is 7.37. The van der Waals surface area contributed by atoms with Crippen LogP contribution in [0.15, 0.2) is 30.5 Å². The first-order valence-corrected chi connectivity index (χ1v) is 9.57. The highest BCUT2D eigenvalue weighted by atomic mass is 35.5. The summed E-state index contributed by atoms with van der Waals surface area (Å²) >= 11 is 6.13. The van der Waals surface area contributed by atoms with Crippen LogP contribution < -0.4 is 5.73 Å². The lowest BCUT2D eigenvalue weighted by Gasteiger charge is -2.15. The van der Waals surface area contributed by atoms with E-state index in [1.54, 1.807) is 31.3 Å². The molecule has 4 rings (SSSR count). The van der Waals surface area contributed by atoms with Gasteiger partial charge in [-0.3, -0.25) is 4.68 Å². The van der Waals surface area contributed by atoms with Gasteiger partial charge in [-0.15, -0.1) is 0 Å². The average Bonchev–Trinajstić information content (AvgIpc) is 3.01. The molecular formula is C20H23ClF2N4O2. The molecule has 0 aliphatic carbocycles. The summed E-state index contributed by atoms with van der Waals surface area (Å²) in [6.45, 7) is 2.20. The van der Waals surface area contributed by atoms with E-state index in [0.717, 1.165) is 26.4 Å². The van der Waals surface area contributed by atoms with E-state index >= 15 is 0 Å². The maximum atomic E-state index is 13.7. The quantitative estimate of drug-likeness (QED) is 0.645. The smallest absolute Gasteiger partial charge is 0.289 e. The van der Waals surface area contributed by atoms with E-state index in [9.17, 15) is 8.78 Å². The summed E-state index contributed by atoms with van der Waals surface area (Å²) in [5, 5.41) is 13.5. The van der Waals surface area contributed by atoms with Gasteiger partial charge in [-0.1, -0.05) is 17.7 Å². The van der Waals surface area contributed by atoms with Crippen LogP contribution in [-0.2, 0) is 17.7 Å². The van der Waals surface area contributed by atoms with Crippen molar-refractivity contribution < 1.29 is 18.6 Å². The number of fused-ring (bicyclic) bond motifs is 1. The van der Waals surface area contributed by atoms with Gasteiger partial charge in [-0.25, -0.2) is 4.98 Å². The van der Waals surface area contributed by atoms with Crippen LogP contribution in [0.5, 0.6) is 0 Å². The zero-order valence-corrected chi connectivity index (χ0v) is 17.0. The van der Waals surface area contributed by atoms with Gasteiger partial charge in [0.1, 0.15) is 11.5 Å². The first kappa shape index (κ1) is 21.4. The van der Waals surface area contributed by atoms with E-state index in [1.165, 1.54) is 10.9 Å². The second kappa shape index (κ2) is 8.61. The van der Waals surface area contributed by atoms with Crippen molar-refractivity contribution in [2.24, 2.45) is 7.05 Å². The third-order valence-corrected chi connectivity index (χ3v) is 4.89. The molecule has 2 aromatic heterocycles. The SMILES string of the molecule is Cn1nc(C(C)(F)F)c2cc(-c3cc(N)ncc3Cl)ccc21.OC1CCCOC1. The number of aromatic nitrogens is 3. The monoisotopic (exact) mass is 424 g/mol. The lowest BCUT2D eigenvalue weighted by Crippen LogP contribution is -2.21. The predicted molar refractivity (Wildman–Crippen MR) is 109 cm³/mol. The van der Waals surface area contributed by atoms with Gasteiger partial charge in [-0.2, -0.15) is 13.9 Å². The van der Waals surface area contributed by atoms with E-state index < -0.39 is 5.92 Å². The minimum atomic E-state index is -3.03. The number of ether oxygens (including phenoxy) is 1. The Bertz CT molecular complexity index is 998. The van der Waals surface area contributed by atoms with Crippen LogP contribution in [0.3, 0.4) is 0 Å². The average molecular weight is 425 g/mol. The Labute approximate surface area is 172 Å². The summed E-state index contributed by atoms with van der Waals surface area (Å²) in [5.74, 6) is -2.72. The fourth-order valence-corrected chi connectivity index (χ4v) is 3.37. The largest absolute Gasteiger partial charge is 0.391 e. The summed E-state index contributed by atoms with van der Waals surface area (Å²) in [6.07, 6.45) is 3.18. The van der Waals surface area contributed by atoms with Crippen LogP contribution in [0.2, 0.25) is 5.02 Å². The van der Waals surface area contributed by atoms with Crippen molar-refractivity contribution in [3.8, 4) is 11.1 Å². The highest BCUT2D eigenvalue weighted by Crippen LogP contribution is 2.36. The molecule has 3 aromatic rings. The highest BCUT2D eigenvalue weighted by molar-refractivity contribution is 6.33. The van der Waals surface area contributed by atoms with Crippen LogP contribution in [0, 0.1) is 0 Å². The summed E-state index contributed by atoms with van der Waals surface area (Å²) in [6, 6.07) is 6.79. The minimum Gasteiger partial charge on any atom is -0.391 e. The molecule has 0 radical (unpaired) electrons. The van der Waals surface area contributed by atoms with E-state index in [4.69, 9.17) is 27.2 Å². The Hall–Kier alpha value is -2.29. The van der Waals surface area contributed by atoms with Crippen molar-refractivity contribution in [1.82, 2.24) is 14.8 Å². The molecule has 1 unspecified atom stereocenters. The number of hydrogen-bond donors (Lipinski definition) is 2. The molecule has 0 spiro atoms. The Kier molecular flexibility index (Phi) is 6.36. The number of halogens is 3. The van der Waals surface area contributed by atoms with Gasteiger partial charge in [0.25, 0.3) is 5.92 Å². The van der Waals surface area contributed by atoms with E-state index in [1.807, 2.05) is 0 Å². The van der Waals surface area contributed by atoms with E-state index in [-0.39, 0.29) is 11.8 Å². The predicted octanol–water partition coefficient (Wildman–Crippen LogP) is 4.14. The normalized spacial score (nSPS) is 17.1. The first-order valence-electron chi connectivity index (χ1n) is 9.19. The zero-order chi connectivity index (χ0) is 21.2. The molecule has 1 aliphatic heterocycles. The molecule has 3 heterocycles. The fourth-order valence-electron chi connectivity index (χ4n) is 3.16. The topological polar surface area (TPSA) is 86.2 Å². The Morgan fingerprint density at radius 1 is 1.34 bits per heavy atom. The van der Waals surface area contributed by atoms with Crippen LogP contribution in [0.4, 0.5) is 14.6 Å². The molecule has 1 fully saturated rings. The first-order chi connectivity index (χ1) is 13.7. The molecule has 9 heteroatoms. The van der Waals surface area contributed by atoms with Crippen molar-refractivity contribution in [1.29, 1.82) is 0 Å². The number of rotatable bonds is 2. The number of nitrogen functional groups attached to an aromatic ring is 1. The number of nitrogens with zero attached hydrogens (tertiary/aromatic N) is 3. The number of nitrogens with two attached hydrogens (primary N) is 1. The number of alkyl halides is 2. The highest BCUT2D eigenvalue weighted by Gasteiger charge is 2.31. The van der Waals surface area contributed by atoms with Gasteiger partial charge >= 0.3 is 0 Å². The van der Waals surface area contributed by atoms with Gasteiger partial charge in [0.2, 0.25) is 0 Å². The number of aryl methyl sites for hydroxylation is 1. The molecule has 1 aromatic carbocycles. The van der Waals surface area contributed by atoms with Gasteiger partial charge in [0.15, 0.2) is 0 Å². The van der Waals surface area contributed by atoms with Crippen LogP contribution in [0.1, 0.15) is 25.5 Å². The molecule has 0 amide bonds. The number of benzene rings is 1. The molecule has 29 heavy (non-hydrogen) atoms. The molecular weight excluding hydrogens is 402 g/mol. The van der Waals surface area contributed by atoms with Crippen LogP contribution >= 0.6 is 11.6 Å². The Morgan fingerprint density at radius 2 is 2.10 bits per heavy atom. The summed E-state index contributed by atoms with van der Waals surface area (Å²) < 4.78 is 33.9. The van der Waals surface area contributed by atoms with Gasteiger partial charge in [0, 0.05) is 37.7 Å². The van der Waals surface area contributed by atoms with Gasteiger partial charge < -0.3 is 15.6 Å². The fraction of sp³-hybridized carbons (Fsp3) is 0.400. The Balaban J connectivity index is 0.000000290. The minimum absolute atomic E-state index is 0.186. The number of aliphatic hydroxyl groups is 1. The zero-order valence-electron chi connectivity index (χ0n) is 16.2. The molecule has 156 valence electrons. The second-order valence-corrected chi connectivity index (χ2v) is 7.46. The Morgan fingerprint density at radius 3 is 2.69 bits per heavy atom. The number of aliphatic hydroxyl groups excluding tert-OH is 1. The van der Waals surface area contributed by atoms with Crippen molar-refractivity contribution in [2.45, 2.75) is 31.8 Å². The molecule has 3 N–H and O–H groups in total. The van der Waals surface area contributed by atoms with Crippen LogP contribution in [-0.4, -0.2) is 39.2 Å². The maximum Gasteiger partial charge on any atom is 0.289 e. The van der Waals surface area contributed by atoms with Crippen molar-refractivity contribution in [3.05, 3.63) is 41.2 Å². The molecule has 1 atom stereocenters. The van der Waals surface area contributed by atoms with Gasteiger partial charge in [-0.05, 0) is 36.6 Å². The second-order valence-electron chi connectivity index (χ2n) is 7.05. The number of anilines is 1. The van der Waals surface area contributed by atoms with E-state index in [0.29, 0.717) is 39.5 Å². The molecule has 6 nitrogen and oxygen atoms in total. The number of pyridine rings is 1. The third kappa shape index (κ3) is 5.01. The van der Waals surface area contributed by atoms with Crippen molar-refractivity contribution in [2.75, 3.05) is 18.9 Å². The number of hydrogen-bond acceptors (Lipinski definition) is 5. The molecule has 1 aliphatic rings. The summed E-state index contributed by atoms with van der Waals surface area (Å²) in [4.78, 5) is 3.90. The molecule has 1 saturated heterocycles. The van der Waals surface area contributed by atoms with Crippen molar-refractivity contribution in [3.63, 3.8) is 0 Å². The molecule has 0 saturated carbocycles. The lowest BCUT2D eigenvalue weighted by molar-refractivity contribution is -0.00535. The van der Waals surface area contributed by atoms with Gasteiger partial charge in [0.05, 0.1) is 23.3 Å². The van der Waals surface area contributed by atoms with Crippen LogP contribution in [0.25, 0.3) is 22.0 Å². The van der Waals surface area contributed by atoms with E-state index in [2.05, 4.69) is 10.1 Å². The van der Waals surface area contributed by atoms with Crippen molar-refractivity contribution >= 4 is 28.3 Å². The lowest BCUT2D eigenvalue weighted by atomic mass is 10.0. The molecule has 0 bridgehead atoms. The third-order valence-electron chi connectivity index (χ3n) is 4.59. The summed E-state index contributed by atoms with van der Waals surface area (Å²) in [7, 11) is 1.63. The maximum absolute atomic E-state index is 13.7. The standard InChI is InChI=1S/C15H13ClF2N4.C5H10O2/c1-15(17,18)14-10-5-8(3-4-12(10)22(2)21-14)9-6-13(19)20-7-11(9)16;6-5-2-1-3-7-4-5/h3-7H,1-2H3,(H2,19,20);5-6H,1-4H2.